The Labute approximate surface area is 141 Å². The van der Waals surface area contributed by atoms with Gasteiger partial charge in [0.2, 0.25) is 5.95 Å². The van der Waals surface area contributed by atoms with Gasteiger partial charge in [-0.2, -0.15) is 0 Å². The average molecular weight is 337 g/mol. The van der Waals surface area contributed by atoms with Crippen molar-refractivity contribution < 1.29 is 18.1 Å². The van der Waals surface area contributed by atoms with E-state index in [9.17, 15) is 8.78 Å². The second-order valence-electron chi connectivity index (χ2n) is 7.15. The van der Waals surface area contributed by atoms with Crippen molar-refractivity contribution in [2.24, 2.45) is 0 Å². The van der Waals surface area contributed by atoms with Crippen molar-refractivity contribution in [2.75, 3.05) is 18.0 Å². The van der Waals surface area contributed by atoms with Crippen LogP contribution in [-0.4, -0.2) is 41.4 Å². The molecule has 130 valence electrons. The molecule has 0 bridgehead atoms. The summed E-state index contributed by atoms with van der Waals surface area (Å²) in [5.74, 6) is 0.331. The van der Waals surface area contributed by atoms with Gasteiger partial charge < -0.3 is 14.2 Å². The van der Waals surface area contributed by atoms with Gasteiger partial charge in [-0.05, 0) is 45.7 Å². The summed E-state index contributed by atoms with van der Waals surface area (Å²) >= 11 is 0. The molecule has 0 radical (unpaired) electrons. The zero-order valence-electron chi connectivity index (χ0n) is 14.4. The molecule has 2 aliphatic rings. The second-order valence-corrected chi connectivity index (χ2v) is 7.15. The molecule has 3 heterocycles. The molecule has 0 unspecified atom stereocenters. The van der Waals surface area contributed by atoms with Crippen LogP contribution >= 0.6 is 0 Å². The molecule has 3 rings (SSSR count). The lowest BCUT2D eigenvalue weighted by atomic mass is 9.75. The third-order valence-corrected chi connectivity index (χ3v) is 4.97. The number of hydrogen-bond donors (Lipinski definition) is 0. The number of alkyl halides is 2. The van der Waals surface area contributed by atoms with Crippen LogP contribution in [-0.2, 0) is 9.31 Å². The molecule has 0 spiro atoms. The van der Waals surface area contributed by atoms with E-state index >= 15 is 0 Å². The summed E-state index contributed by atoms with van der Waals surface area (Å²) in [6.45, 7) is 9.27. The summed E-state index contributed by atoms with van der Waals surface area (Å²) in [6, 6.07) is 1.24. The van der Waals surface area contributed by atoms with Crippen molar-refractivity contribution in [1.29, 1.82) is 0 Å². The van der Waals surface area contributed by atoms with E-state index in [1.54, 1.807) is 0 Å². The van der Waals surface area contributed by atoms with Gasteiger partial charge in [0.15, 0.2) is 0 Å². The molecule has 0 N–H and O–H groups in total. The normalized spacial score (nSPS) is 22.9. The van der Waals surface area contributed by atoms with Crippen molar-refractivity contribution >= 4 is 13.1 Å². The Morgan fingerprint density at radius 3 is 2.42 bits per heavy atom. The predicted octanol–water partition coefficient (Wildman–Crippen LogP) is 3.18. The zero-order chi connectivity index (χ0) is 17.5. The first-order chi connectivity index (χ1) is 11.2. The highest BCUT2D eigenvalue weighted by atomic mass is 19.3. The monoisotopic (exact) mass is 337 g/mol. The second kappa shape index (κ2) is 6.08. The summed E-state index contributed by atoms with van der Waals surface area (Å²) < 4.78 is 37.7. The van der Waals surface area contributed by atoms with Crippen LogP contribution in [0.5, 0.6) is 0 Å². The molecule has 1 aromatic heterocycles. The van der Waals surface area contributed by atoms with Gasteiger partial charge in [0, 0.05) is 19.3 Å². The fourth-order valence-electron chi connectivity index (χ4n) is 2.71. The Hall–Kier alpha value is -1.54. The molecule has 2 aliphatic heterocycles. The quantitative estimate of drug-likeness (QED) is 0.793. The van der Waals surface area contributed by atoms with Crippen molar-refractivity contribution in [3.63, 3.8) is 0 Å². The Kier molecular flexibility index (Phi) is 4.38. The smallest absolute Gasteiger partial charge is 0.400 e. The Balaban J connectivity index is 1.70. The summed E-state index contributed by atoms with van der Waals surface area (Å²) in [7, 11) is -0.356. The molecule has 0 amide bonds. The SMILES string of the molecule is CC1(C)OB(C2=CCN(c3nccc(C(F)F)n3)CC2)OC1(C)C. The van der Waals surface area contributed by atoms with E-state index in [-0.39, 0.29) is 24.0 Å². The van der Waals surface area contributed by atoms with Gasteiger partial charge in [-0.1, -0.05) is 6.08 Å². The summed E-state index contributed by atoms with van der Waals surface area (Å²) in [5.41, 5.74) is 0.0879. The number of hydrogen-bond acceptors (Lipinski definition) is 5. The van der Waals surface area contributed by atoms with Crippen LogP contribution in [0, 0.1) is 0 Å². The maximum atomic E-state index is 12.8. The first-order valence-electron chi connectivity index (χ1n) is 8.10. The van der Waals surface area contributed by atoms with Crippen molar-refractivity contribution in [3.05, 3.63) is 29.5 Å². The summed E-state index contributed by atoms with van der Waals surface area (Å²) in [6.07, 6.45) is 1.52. The molecule has 0 atom stereocenters. The molecule has 24 heavy (non-hydrogen) atoms. The third-order valence-electron chi connectivity index (χ3n) is 4.97. The van der Waals surface area contributed by atoms with Gasteiger partial charge in [0.05, 0.1) is 11.2 Å². The van der Waals surface area contributed by atoms with E-state index in [0.717, 1.165) is 11.9 Å². The molecular formula is C16H22BF2N3O2. The molecule has 0 aromatic carbocycles. The standard InChI is InChI=1S/C16H22BF2N3O2/c1-15(2)16(3,4)24-17(23-15)11-6-9-22(10-7-11)14-20-8-5-12(21-14)13(18)19/h5-6,8,13H,7,9-10H2,1-4H3. The molecule has 1 fully saturated rings. The fourth-order valence-corrected chi connectivity index (χ4v) is 2.71. The van der Waals surface area contributed by atoms with Crippen LogP contribution in [0.1, 0.15) is 46.2 Å². The van der Waals surface area contributed by atoms with Crippen molar-refractivity contribution in [1.82, 2.24) is 9.97 Å². The molecule has 5 nitrogen and oxygen atoms in total. The van der Waals surface area contributed by atoms with E-state index in [1.165, 1.54) is 12.3 Å². The number of rotatable bonds is 3. The van der Waals surface area contributed by atoms with E-state index < -0.39 is 6.43 Å². The van der Waals surface area contributed by atoms with E-state index in [4.69, 9.17) is 9.31 Å². The van der Waals surface area contributed by atoms with Crippen LogP contribution < -0.4 is 4.90 Å². The van der Waals surface area contributed by atoms with Crippen LogP contribution in [0.25, 0.3) is 0 Å². The minimum absolute atomic E-state index is 0.249. The lowest BCUT2D eigenvalue weighted by Crippen LogP contribution is -2.41. The van der Waals surface area contributed by atoms with E-state index in [0.29, 0.717) is 19.0 Å². The molecule has 0 aliphatic carbocycles. The Morgan fingerprint density at radius 1 is 1.21 bits per heavy atom. The molecule has 1 saturated heterocycles. The van der Waals surface area contributed by atoms with Crippen molar-refractivity contribution in [3.8, 4) is 0 Å². The minimum Gasteiger partial charge on any atom is -0.400 e. The highest BCUT2D eigenvalue weighted by Gasteiger charge is 2.52. The molecular weight excluding hydrogens is 315 g/mol. The highest BCUT2D eigenvalue weighted by molar-refractivity contribution is 6.54. The fraction of sp³-hybridized carbons (Fsp3) is 0.625. The maximum absolute atomic E-state index is 12.8. The topological polar surface area (TPSA) is 47.5 Å². The number of halogens is 2. The van der Waals surface area contributed by atoms with Crippen LogP contribution in [0.3, 0.4) is 0 Å². The predicted molar refractivity (Wildman–Crippen MR) is 88.0 cm³/mol. The van der Waals surface area contributed by atoms with E-state index in [2.05, 4.69) is 9.97 Å². The highest BCUT2D eigenvalue weighted by Crippen LogP contribution is 2.39. The summed E-state index contributed by atoms with van der Waals surface area (Å²) in [4.78, 5) is 9.92. The van der Waals surface area contributed by atoms with Gasteiger partial charge in [0.1, 0.15) is 5.69 Å². The maximum Gasteiger partial charge on any atom is 0.490 e. The first kappa shape index (κ1) is 17.3. The van der Waals surface area contributed by atoms with Crippen LogP contribution in [0.2, 0.25) is 0 Å². The average Bonchev–Trinajstić information content (AvgIpc) is 2.76. The lowest BCUT2D eigenvalue weighted by Gasteiger charge is -2.32. The van der Waals surface area contributed by atoms with E-state index in [1.807, 2.05) is 38.7 Å². The molecule has 0 saturated carbocycles. The number of anilines is 1. The molecule has 1 aromatic rings. The van der Waals surface area contributed by atoms with Gasteiger partial charge in [-0.25, -0.2) is 18.7 Å². The first-order valence-corrected chi connectivity index (χ1v) is 8.10. The lowest BCUT2D eigenvalue weighted by molar-refractivity contribution is 0.00578. The van der Waals surface area contributed by atoms with Crippen LogP contribution in [0.15, 0.2) is 23.8 Å². The van der Waals surface area contributed by atoms with Crippen molar-refractivity contribution in [2.45, 2.75) is 51.7 Å². The summed E-state index contributed by atoms with van der Waals surface area (Å²) in [5, 5.41) is 0. The minimum atomic E-state index is -2.59. The van der Waals surface area contributed by atoms with Gasteiger partial charge in [0.25, 0.3) is 6.43 Å². The zero-order valence-corrected chi connectivity index (χ0v) is 14.4. The Bertz CT molecular complexity index is 636. The largest absolute Gasteiger partial charge is 0.490 e. The van der Waals surface area contributed by atoms with Gasteiger partial charge in [-0.15, -0.1) is 0 Å². The van der Waals surface area contributed by atoms with Crippen LogP contribution in [0.4, 0.5) is 14.7 Å². The number of aromatic nitrogens is 2. The van der Waals surface area contributed by atoms with Gasteiger partial charge in [-0.3, -0.25) is 0 Å². The Morgan fingerprint density at radius 2 is 1.88 bits per heavy atom. The third kappa shape index (κ3) is 3.17. The number of nitrogens with zero attached hydrogens (tertiary/aromatic N) is 3. The van der Waals surface area contributed by atoms with Gasteiger partial charge >= 0.3 is 7.12 Å². The molecule has 8 heteroatoms.